The molecule has 0 aliphatic heterocycles. The van der Waals surface area contributed by atoms with E-state index in [9.17, 15) is 9.59 Å². The molecule has 1 aromatic rings. The van der Waals surface area contributed by atoms with Crippen LogP contribution in [0.2, 0.25) is 0 Å². The highest BCUT2D eigenvalue weighted by Gasteiger charge is 2.18. The lowest BCUT2D eigenvalue weighted by Crippen LogP contribution is -2.28. The zero-order chi connectivity index (χ0) is 14.5. The number of carbonyl (C=O) groups excluding carboxylic acids is 2. The maximum atomic E-state index is 11.9. The summed E-state index contributed by atoms with van der Waals surface area (Å²) in [5.41, 5.74) is 0.187. The van der Waals surface area contributed by atoms with Gasteiger partial charge < -0.3 is 9.64 Å². The van der Waals surface area contributed by atoms with Gasteiger partial charge >= 0.3 is 5.97 Å². The molecule has 5 nitrogen and oxygen atoms in total. The minimum atomic E-state index is -0.518. The number of rotatable bonds is 4. The molecule has 1 heterocycles. The monoisotopic (exact) mass is 264 g/mol. The Morgan fingerprint density at radius 1 is 1.32 bits per heavy atom. The number of nitrogens with zero attached hydrogens (tertiary/aromatic N) is 2. The molecule has 0 aromatic carbocycles. The average Bonchev–Trinajstić information content (AvgIpc) is 2.34. The van der Waals surface area contributed by atoms with Crippen LogP contribution in [0.5, 0.6) is 0 Å². The van der Waals surface area contributed by atoms with Gasteiger partial charge in [0.15, 0.2) is 0 Å². The first-order valence-corrected chi connectivity index (χ1v) is 6.18. The predicted molar refractivity (Wildman–Crippen MR) is 72.7 cm³/mol. The predicted octanol–water partition coefficient (Wildman–Crippen LogP) is 2.17. The molecule has 0 saturated heterocycles. The van der Waals surface area contributed by atoms with Crippen molar-refractivity contribution < 1.29 is 14.3 Å². The molecule has 5 heteroatoms. The molecule has 0 aliphatic carbocycles. The average molecular weight is 264 g/mol. The van der Waals surface area contributed by atoms with E-state index in [1.54, 1.807) is 52.3 Å². The van der Waals surface area contributed by atoms with Crippen molar-refractivity contribution in [1.82, 2.24) is 4.98 Å². The molecule has 0 bridgehead atoms. The highest BCUT2D eigenvalue weighted by molar-refractivity contribution is 5.94. The summed E-state index contributed by atoms with van der Waals surface area (Å²) in [7, 11) is 1.66. The van der Waals surface area contributed by atoms with Crippen LogP contribution in [-0.2, 0) is 14.3 Å². The van der Waals surface area contributed by atoms with Crippen molar-refractivity contribution in [3.05, 3.63) is 24.5 Å². The van der Waals surface area contributed by atoms with Crippen LogP contribution in [0, 0.1) is 0 Å². The Balaban J connectivity index is 2.46. The van der Waals surface area contributed by atoms with Gasteiger partial charge in [0.05, 0.1) is 18.3 Å². The third-order valence-corrected chi connectivity index (χ3v) is 2.37. The van der Waals surface area contributed by atoms with Gasteiger partial charge in [-0.1, -0.05) is 0 Å². The smallest absolute Gasteiger partial charge is 0.306 e. The Bertz CT molecular complexity index is 438. The molecule has 0 unspecified atom stereocenters. The number of esters is 1. The van der Waals surface area contributed by atoms with Gasteiger partial charge in [-0.3, -0.25) is 14.6 Å². The number of anilines is 1. The third-order valence-electron chi connectivity index (χ3n) is 2.37. The number of pyridine rings is 1. The fraction of sp³-hybridized carbons (Fsp3) is 0.500. The maximum Gasteiger partial charge on any atom is 0.306 e. The van der Waals surface area contributed by atoms with Crippen LogP contribution in [0.3, 0.4) is 0 Å². The normalized spacial score (nSPS) is 10.9. The second-order valence-electron chi connectivity index (χ2n) is 5.25. The summed E-state index contributed by atoms with van der Waals surface area (Å²) in [6, 6.07) is 3.55. The molecule has 104 valence electrons. The summed E-state index contributed by atoms with van der Waals surface area (Å²) in [5, 5.41) is 0. The van der Waals surface area contributed by atoms with Crippen molar-refractivity contribution in [3.63, 3.8) is 0 Å². The summed E-state index contributed by atoms with van der Waals surface area (Å²) < 4.78 is 5.15. The van der Waals surface area contributed by atoms with E-state index in [0.29, 0.717) is 5.69 Å². The van der Waals surface area contributed by atoms with Crippen molar-refractivity contribution >= 4 is 17.6 Å². The molecule has 1 amide bonds. The molecule has 0 N–H and O–H groups in total. The van der Waals surface area contributed by atoms with Crippen molar-refractivity contribution in [3.8, 4) is 0 Å². The Hall–Kier alpha value is -1.91. The van der Waals surface area contributed by atoms with Crippen LogP contribution in [0.15, 0.2) is 24.5 Å². The Morgan fingerprint density at radius 3 is 2.53 bits per heavy atom. The molecular formula is C14H20N2O3. The van der Waals surface area contributed by atoms with Crippen molar-refractivity contribution in [1.29, 1.82) is 0 Å². The van der Waals surface area contributed by atoms with E-state index in [0.717, 1.165) is 0 Å². The van der Waals surface area contributed by atoms with Crippen molar-refractivity contribution in [2.75, 3.05) is 11.9 Å². The summed E-state index contributed by atoms with van der Waals surface area (Å²) in [4.78, 5) is 28.9. The fourth-order valence-corrected chi connectivity index (χ4v) is 1.47. The van der Waals surface area contributed by atoms with Crippen LogP contribution in [0.4, 0.5) is 5.69 Å². The van der Waals surface area contributed by atoms with Gasteiger partial charge in [-0.25, -0.2) is 0 Å². The van der Waals surface area contributed by atoms with Gasteiger partial charge in [0, 0.05) is 19.7 Å². The van der Waals surface area contributed by atoms with E-state index in [2.05, 4.69) is 4.98 Å². The Labute approximate surface area is 113 Å². The second kappa shape index (κ2) is 6.31. The lowest BCUT2D eigenvalue weighted by molar-refractivity contribution is -0.155. The lowest BCUT2D eigenvalue weighted by Gasteiger charge is -2.20. The number of hydrogen-bond donors (Lipinski definition) is 0. The van der Waals surface area contributed by atoms with Crippen molar-refractivity contribution in [2.45, 2.75) is 39.2 Å². The second-order valence-corrected chi connectivity index (χ2v) is 5.25. The fourth-order valence-electron chi connectivity index (χ4n) is 1.47. The van der Waals surface area contributed by atoms with Crippen molar-refractivity contribution in [2.24, 2.45) is 0 Å². The molecule has 0 aliphatic rings. The number of ether oxygens (including phenoxy) is 1. The van der Waals surface area contributed by atoms with Crippen LogP contribution in [0.1, 0.15) is 33.6 Å². The standard InChI is InChI=1S/C14H20N2O3/c1-14(2,3)19-13(18)8-7-12(17)16(4)11-6-5-9-15-10-11/h5-6,9-10H,7-8H2,1-4H3. The molecular weight excluding hydrogens is 244 g/mol. The van der Waals surface area contributed by atoms with Gasteiger partial charge in [-0.2, -0.15) is 0 Å². The summed E-state index contributed by atoms with van der Waals surface area (Å²) in [5.74, 6) is -0.501. The van der Waals surface area contributed by atoms with Gasteiger partial charge in [0.2, 0.25) is 5.91 Å². The maximum absolute atomic E-state index is 11.9. The summed E-state index contributed by atoms with van der Waals surface area (Å²) in [6.45, 7) is 5.40. The molecule has 0 spiro atoms. The molecule has 0 atom stereocenters. The van der Waals surface area contributed by atoms with E-state index < -0.39 is 5.60 Å². The number of amides is 1. The van der Waals surface area contributed by atoms with Crippen LogP contribution in [0.25, 0.3) is 0 Å². The quantitative estimate of drug-likeness (QED) is 0.782. The van der Waals surface area contributed by atoms with Crippen LogP contribution >= 0.6 is 0 Å². The first kappa shape index (κ1) is 15.1. The molecule has 0 fully saturated rings. The zero-order valence-corrected chi connectivity index (χ0v) is 11.8. The molecule has 0 saturated carbocycles. The zero-order valence-electron chi connectivity index (χ0n) is 11.8. The minimum absolute atomic E-state index is 0.0840. The van der Waals surface area contributed by atoms with E-state index >= 15 is 0 Å². The molecule has 1 rings (SSSR count). The van der Waals surface area contributed by atoms with Gasteiger partial charge in [0.1, 0.15) is 5.60 Å². The number of carbonyl (C=O) groups is 2. The van der Waals surface area contributed by atoms with E-state index in [1.807, 2.05) is 0 Å². The molecule has 19 heavy (non-hydrogen) atoms. The first-order valence-electron chi connectivity index (χ1n) is 6.18. The minimum Gasteiger partial charge on any atom is -0.460 e. The highest BCUT2D eigenvalue weighted by atomic mass is 16.6. The van der Waals surface area contributed by atoms with E-state index in [-0.39, 0.29) is 24.7 Å². The third kappa shape index (κ3) is 5.50. The number of aromatic nitrogens is 1. The van der Waals surface area contributed by atoms with E-state index in [1.165, 1.54) is 4.90 Å². The lowest BCUT2D eigenvalue weighted by atomic mass is 10.2. The highest BCUT2D eigenvalue weighted by Crippen LogP contribution is 2.13. The molecule has 0 radical (unpaired) electrons. The van der Waals surface area contributed by atoms with E-state index in [4.69, 9.17) is 4.74 Å². The van der Waals surface area contributed by atoms with Gasteiger partial charge in [-0.05, 0) is 32.9 Å². The first-order chi connectivity index (χ1) is 8.79. The summed E-state index contributed by atoms with van der Waals surface area (Å²) in [6.07, 6.45) is 3.45. The summed E-state index contributed by atoms with van der Waals surface area (Å²) >= 11 is 0. The Morgan fingerprint density at radius 2 is 2.00 bits per heavy atom. The number of hydrogen-bond acceptors (Lipinski definition) is 4. The Kier molecular flexibility index (Phi) is 5.03. The molecule has 1 aromatic heterocycles. The van der Waals surface area contributed by atoms with Gasteiger partial charge in [-0.15, -0.1) is 0 Å². The van der Waals surface area contributed by atoms with Crippen LogP contribution in [-0.4, -0.2) is 29.5 Å². The topological polar surface area (TPSA) is 59.5 Å². The largest absolute Gasteiger partial charge is 0.460 e. The SMILES string of the molecule is CN(C(=O)CCC(=O)OC(C)(C)C)c1cccnc1. The van der Waals surface area contributed by atoms with Gasteiger partial charge in [0.25, 0.3) is 0 Å². The van der Waals surface area contributed by atoms with Crippen LogP contribution < -0.4 is 4.90 Å².